The van der Waals surface area contributed by atoms with E-state index < -0.39 is 0 Å². The predicted molar refractivity (Wildman–Crippen MR) is 29.4 cm³/mol. The van der Waals surface area contributed by atoms with Crippen LogP contribution in [-0.4, -0.2) is 0 Å². The van der Waals surface area contributed by atoms with Crippen LogP contribution < -0.4 is 0 Å². The number of hydrogen-bond acceptors (Lipinski definition) is 0. The van der Waals surface area contributed by atoms with Gasteiger partial charge in [-0.2, -0.15) is 0 Å². The van der Waals surface area contributed by atoms with Gasteiger partial charge in [0.25, 0.3) is 0 Å². The van der Waals surface area contributed by atoms with Crippen LogP contribution in [0.15, 0.2) is 12.2 Å². The van der Waals surface area contributed by atoms with E-state index in [1.165, 1.54) is 0 Å². The second-order valence-electron chi connectivity index (χ2n) is 1.17. The summed E-state index contributed by atoms with van der Waals surface area (Å²) in [4.78, 5) is 0. The van der Waals surface area contributed by atoms with Gasteiger partial charge in [-0.05, 0) is 12.8 Å². The average Bonchev–Trinajstić information content (AvgIpc) is 1.61. The van der Waals surface area contributed by atoms with Gasteiger partial charge in [0.05, 0.1) is 0 Å². The fourth-order valence-corrected chi connectivity index (χ4v) is 0.272. The first-order valence-corrected chi connectivity index (χ1v) is 2.36. The molecule has 0 rings (SSSR count). The molecule has 0 unspecified atom stereocenters. The highest BCUT2D eigenvalue weighted by Gasteiger charge is 1.60. The standard InChI is InChI=1S/C6H11/c1-3-5-6-4-2/h3,5-6H,4H2,1-2H3/b6-5-. The van der Waals surface area contributed by atoms with E-state index in [4.69, 9.17) is 0 Å². The van der Waals surface area contributed by atoms with Gasteiger partial charge in [0.15, 0.2) is 0 Å². The Morgan fingerprint density at radius 1 is 1.50 bits per heavy atom. The Morgan fingerprint density at radius 3 is 2.33 bits per heavy atom. The molecule has 0 atom stereocenters. The molecule has 1 radical (unpaired) electrons. The Balaban J connectivity index is 2.73. The van der Waals surface area contributed by atoms with Crippen molar-refractivity contribution in [3.05, 3.63) is 18.6 Å². The van der Waals surface area contributed by atoms with Gasteiger partial charge in [0.2, 0.25) is 0 Å². The molecule has 0 spiro atoms. The van der Waals surface area contributed by atoms with E-state index in [0.29, 0.717) is 0 Å². The molecule has 0 aliphatic heterocycles. The Labute approximate surface area is 39.9 Å². The molecule has 6 heavy (non-hydrogen) atoms. The molecule has 0 saturated carbocycles. The lowest BCUT2D eigenvalue weighted by Crippen LogP contribution is -1.52. The Hall–Kier alpha value is -0.260. The van der Waals surface area contributed by atoms with Crippen LogP contribution in [0.25, 0.3) is 0 Å². The highest BCUT2D eigenvalue weighted by atomic mass is 13.7. The van der Waals surface area contributed by atoms with Crippen molar-refractivity contribution < 1.29 is 0 Å². The van der Waals surface area contributed by atoms with E-state index >= 15 is 0 Å². The molecule has 0 saturated heterocycles. The largest absolute Gasteiger partial charge is 0.0885 e. The van der Waals surface area contributed by atoms with Crippen molar-refractivity contribution in [2.45, 2.75) is 20.3 Å². The number of hydrogen-bond donors (Lipinski definition) is 0. The van der Waals surface area contributed by atoms with Gasteiger partial charge in [0.1, 0.15) is 0 Å². The van der Waals surface area contributed by atoms with E-state index in [2.05, 4.69) is 19.1 Å². The fourth-order valence-electron chi connectivity index (χ4n) is 0.272. The third-order valence-corrected chi connectivity index (χ3v) is 0.564. The van der Waals surface area contributed by atoms with Crippen molar-refractivity contribution in [2.24, 2.45) is 0 Å². The lowest BCUT2D eigenvalue weighted by atomic mass is 10.4. The van der Waals surface area contributed by atoms with E-state index in [0.717, 1.165) is 6.42 Å². The number of allylic oxidation sites excluding steroid dienone is 2. The minimum atomic E-state index is 1.14. The fraction of sp³-hybridized carbons (Fsp3) is 0.500. The van der Waals surface area contributed by atoms with Crippen LogP contribution in [0.5, 0.6) is 0 Å². The molecule has 0 heteroatoms. The molecule has 0 N–H and O–H groups in total. The maximum atomic E-state index is 2.12. The summed E-state index contributed by atoms with van der Waals surface area (Å²) in [6.07, 6.45) is 7.36. The van der Waals surface area contributed by atoms with E-state index in [1.807, 2.05) is 13.3 Å². The van der Waals surface area contributed by atoms with E-state index in [-0.39, 0.29) is 0 Å². The minimum Gasteiger partial charge on any atom is -0.0885 e. The van der Waals surface area contributed by atoms with Crippen molar-refractivity contribution in [1.82, 2.24) is 0 Å². The van der Waals surface area contributed by atoms with E-state index in [1.54, 1.807) is 0 Å². The summed E-state index contributed by atoms with van der Waals surface area (Å²) in [6, 6.07) is 0. The molecule has 0 nitrogen and oxygen atoms in total. The molecule has 0 heterocycles. The van der Waals surface area contributed by atoms with Crippen LogP contribution in [0.4, 0.5) is 0 Å². The van der Waals surface area contributed by atoms with Crippen LogP contribution in [0.1, 0.15) is 20.3 Å². The van der Waals surface area contributed by atoms with Crippen LogP contribution in [0.3, 0.4) is 0 Å². The molecule has 0 aromatic heterocycles. The van der Waals surface area contributed by atoms with Crippen molar-refractivity contribution in [1.29, 1.82) is 0 Å². The van der Waals surface area contributed by atoms with Crippen molar-refractivity contribution in [3.8, 4) is 0 Å². The lowest BCUT2D eigenvalue weighted by Gasteiger charge is -1.72. The van der Waals surface area contributed by atoms with Crippen LogP contribution in [0.2, 0.25) is 0 Å². The SMILES string of the molecule is C[CH]/C=C\CC. The zero-order valence-corrected chi connectivity index (χ0v) is 4.44. The van der Waals surface area contributed by atoms with Gasteiger partial charge in [-0.1, -0.05) is 26.0 Å². The molecule has 35 valence electrons. The summed E-state index contributed by atoms with van der Waals surface area (Å²) < 4.78 is 0. The molecule has 0 aromatic carbocycles. The summed E-state index contributed by atoms with van der Waals surface area (Å²) in [7, 11) is 0. The first-order chi connectivity index (χ1) is 2.91. The van der Waals surface area contributed by atoms with Gasteiger partial charge in [-0.3, -0.25) is 0 Å². The van der Waals surface area contributed by atoms with Crippen molar-refractivity contribution in [2.75, 3.05) is 0 Å². The first-order valence-electron chi connectivity index (χ1n) is 2.36. The number of rotatable bonds is 2. The van der Waals surface area contributed by atoms with Crippen LogP contribution in [-0.2, 0) is 0 Å². The third-order valence-electron chi connectivity index (χ3n) is 0.564. The van der Waals surface area contributed by atoms with E-state index in [9.17, 15) is 0 Å². The molecule has 0 aliphatic carbocycles. The first kappa shape index (κ1) is 5.74. The maximum absolute atomic E-state index is 2.12. The summed E-state index contributed by atoms with van der Waals surface area (Å²) in [6.45, 7) is 4.14. The molecule has 0 bridgehead atoms. The zero-order chi connectivity index (χ0) is 4.83. The third kappa shape index (κ3) is 3.74. The average molecular weight is 83.2 g/mol. The highest BCUT2D eigenvalue weighted by Crippen LogP contribution is 1.80. The molecule has 0 aliphatic rings. The monoisotopic (exact) mass is 83.1 g/mol. The second kappa shape index (κ2) is 4.74. The van der Waals surface area contributed by atoms with Gasteiger partial charge in [0, 0.05) is 0 Å². The highest BCUT2D eigenvalue weighted by molar-refractivity contribution is 4.90. The summed E-state index contributed by atoms with van der Waals surface area (Å²) in [5, 5.41) is 0. The second-order valence-corrected chi connectivity index (χ2v) is 1.17. The minimum absolute atomic E-state index is 1.14. The molecular weight excluding hydrogens is 72.1 g/mol. The topological polar surface area (TPSA) is 0 Å². The summed E-state index contributed by atoms with van der Waals surface area (Å²) >= 11 is 0. The molecule has 0 fully saturated rings. The Morgan fingerprint density at radius 2 is 2.17 bits per heavy atom. The zero-order valence-electron chi connectivity index (χ0n) is 4.44. The van der Waals surface area contributed by atoms with Gasteiger partial charge < -0.3 is 0 Å². The molecular formula is C6H11. The quantitative estimate of drug-likeness (QED) is 0.480. The van der Waals surface area contributed by atoms with Gasteiger partial charge >= 0.3 is 0 Å². The maximum Gasteiger partial charge on any atom is -0.0202 e. The smallest absolute Gasteiger partial charge is 0.0202 e. The van der Waals surface area contributed by atoms with Gasteiger partial charge in [-0.15, -0.1) is 0 Å². The van der Waals surface area contributed by atoms with Crippen LogP contribution >= 0.6 is 0 Å². The predicted octanol–water partition coefficient (Wildman–Crippen LogP) is 2.18. The van der Waals surface area contributed by atoms with Crippen LogP contribution in [0, 0.1) is 6.42 Å². The Bertz CT molecular complexity index is 29.3. The van der Waals surface area contributed by atoms with Crippen molar-refractivity contribution >= 4 is 0 Å². The van der Waals surface area contributed by atoms with Gasteiger partial charge in [-0.25, -0.2) is 0 Å². The Kier molecular flexibility index (Phi) is 4.53. The summed E-state index contributed by atoms with van der Waals surface area (Å²) in [5.74, 6) is 0. The summed E-state index contributed by atoms with van der Waals surface area (Å²) in [5.41, 5.74) is 0. The van der Waals surface area contributed by atoms with Crippen molar-refractivity contribution in [3.63, 3.8) is 0 Å². The normalized spacial score (nSPS) is 10.3. The lowest BCUT2D eigenvalue weighted by molar-refractivity contribution is 1.22. The molecule has 0 amide bonds. The molecule has 0 aromatic rings.